The number of aromatic nitrogens is 2. The van der Waals surface area contributed by atoms with Crippen molar-refractivity contribution in [1.29, 1.82) is 0 Å². The predicted molar refractivity (Wildman–Crippen MR) is 115 cm³/mol. The first-order valence-electron chi connectivity index (χ1n) is 9.59. The first-order chi connectivity index (χ1) is 13.7. The van der Waals surface area contributed by atoms with E-state index in [4.69, 9.17) is 10.5 Å². The Kier molecular flexibility index (Phi) is 6.68. The Morgan fingerprint density at radius 3 is 2.43 bits per heavy atom. The molecular formula is C22H27N5O. The van der Waals surface area contributed by atoms with E-state index in [1.807, 2.05) is 42.5 Å². The monoisotopic (exact) mass is 377 g/mol. The zero-order valence-electron chi connectivity index (χ0n) is 16.4. The molecule has 0 fully saturated rings. The fraction of sp³-hybridized carbons (Fsp3) is 0.273. The van der Waals surface area contributed by atoms with E-state index in [9.17, 15) is 0 Å². The van der Waals surface area contributed by atoms with Crippen molar-refractivity contribution < 1.29 is 4.74 Å². The van der Waals surface area contributed by atoms with E-state index in [-0.39, 0.29) is 6.04 Å². The Morgan fingerprint density at radius 1 is 1.00 bits per heavy atom. The van der Waals surface area contributed by atoms with Crippen LogP contribution in [-0.4, -0.2) is 16.6 Å². The molecule has 1 unspecified atom stereocenters. The second kappa shape index (κ2) is 9.60. The number of unbranched alkanes of at least 4 members (excludes halogenated alkanes) is 1. The molecule has 0 saturated carbocycles. The maximum Gasteiger partial charge on any atom is 0.159 e. The molecule has 0 saturated heterocycles. The standard InChI is InChI=1S/C22H27N5O/c1-3-4-14-28-19-12-10-18(11-13-19)27-22-20(23)21(24-15-25-22)26-16(2)17-8-6-5-7-9-17/h5-13,15-16H,3-4,14,23H2,1-2H3,(H2,24,25,26,27). The lowest BCUT2D eigenvalue weighted by atomic mass is 10.1. The highest BCUT2D eigenvalue weighted by molar-refractivity contribution is 5.77. The van der Waals surface area contributed by atoms with E-state index in [0.29, 0.717) is 17.3 Å². The second-order valence-corrected chi connectivity index (χ2v) is 6.61. The van der Waals surface area contributed by atoms with Gasteiger partial charge in [0.15, 0.2) is 11.6 Å². The third kappa shape index (κ3) is 5.13. The molecule has 6 heteroatoms. The lowest BCUT2D eigenvalue weighted by Gasteiger charge is -2.17. The fourth-order valence-electron chi connectivity index (χ4n) is 2.75. The lowest BCUT2D eigenvalue weighted by Crippen LogP contribution is -2.11. The van der Waals surface area contributed by atoms with E-state index in [1.165, 1.54) is 6.33 Å². The van der Waals surface area contributed by atoms with Gasteiger partial charge in [-0.2, -0.15) is 0 Å². The summed E-state index contributed by atoms with van der Waals surface area (Å²) in [4.78, 5) is 8.57. The van der Waals surface area contributed by atoms with Gasteiger partial charge in [-0.3, -0.25) is 0 Å². The molecule has 0 amide bonds. The molecule has 28 heavy (non-hydrogen) atoms. The van der Waals surface area contributed by atoms with E-state index in [1.54, 1.807) is 0 Å². The lowest BCUT2D eigenvalue weighted by molar-refractivity contribution is 0.309. The molecule has 3 rings (SSSR count). The summed E-state index contributed by atoms with van der Waals surface area (Å²) >= 11 is 0. The number of ether oxygens (including phenoxy) is 1. The highest BCUT2D eigenvalue weighted by Gasteiger charge is 2.12. The van der Waals surface area contributed by atoms with Gasteiger partial charge in [0.05, 0.1) is 12.6 Å². The van der Waals surface area contributed by atoms with Crippen molar-refractivity contribution in [2.45, 2.75) is 32.7 Å². The Hall–Kier alpha value is -3.28. The van der Waals surface area contributed by atoms with Crippen molar-refractivity contribution in [2.24, 2.45) is 0 Å². The smallest absolute Gasteiger partial charge is 0.159 e. The number of rotatable bonds is 9. The van der Waals surface area contributed by atoms with Crippen LogP contribution < -0.4 is 21.1 Å². The van der Waals surface area contributed by atoms with Crippen LogP contribution in [-0.2, 0) is 0 Å². The fourth-order valence-corrected chi connectivity index (χ4v) is 2.75. The van der Waals surface area contributed by atoms with Crippen LogP contribution >= 0.6 is 0 Å². The van der Waals surface area contributed by atoms with E-state index in [0.717, 1.165) is 36.4 Å². The Labute approximate surface area is 166 Å². The van der Waals surface area contributed by atoms with Crippen LogP contribution in [0.15, 0.2) is 60.9 Å². The molecule has 0 bridgehead atoms. The maximum absolute atomic E-state index is 6.29. The minimum atomic E-state index is 0.0748. The number of nitrogens with one attached hydrogen (secondary N) is 2. The summed E-state index contributed by atoms with van der Waals surface area (Å²) in [6.07, 6.45) is 3.67. The van der Waals surface area contributed by atoms with Gasteiger partial charge in [0.1, 0.15) is 17.8 Å². The van der Waals surface area contributed by atoms with Gasteiger partial charge in [0.25, 0.3) is 0 Å². The van der Waals surface area contributed by atoms with E-state index < -0.39 is 0 Å². The van der Waals surface area contributed by atoms with Gasteiger partial charge in [-0.15, -0.1) is 0 Å². The number of hydrogen-bond donors (Lipinski definition) is 3. The van der Waals surface area contributed by atoms with Crippen molar-refractivity contribution in [3.05, 3.63) is 66.5 Å². The Balaban J connectivity index is 1.67. The van der Waals surface area contributed by atoms with Crippen LogP contribution in [0.2, 0.25) is 0 Å². The van der Waals surface area contributed by atoms with Crippen LogP contribution in [0.3, 0.4) is 0 Å². The highest BCUT2D eigenvalue weighted by atomic mass is 16.5. The zero-order valence-corrected chi connectivity index (χ0v) is 16.4. The van der Waals surface area contributed by atoms with Crippen LogP contribution in [0.4, 0.5) is 23.0 Å². The quantitative estimate of drug-likeness (QED) is 0.447. The number of nitrogens with zero attached hydrogens (tertiary/aromatic N) is 2. The molecule has 3 aromatic rings. The molecule has 0 aliphatic heterocycles. The van der Waals surface area contributed by atoms with Crippen molar-refractivity contribution >= 4 is 23.0 Å². The zero-order chi connectivity index (χ0) is 19.8. The number of nitrogen functional groups attached to an aromatic ring is 1. The molecule has 0 aliphatic rings. The third-order valence-corrected chi connectivity index (χ3v) is 4.42. The summed E-state index contributed by atoms with van der Waals surface area (Å²) in [6, 6.07) is 18.0. The summed E-state index contributed by atoms with van der Waals surface area (Å²) in [5, 5.41) is 6.60. The van der Waals surface area contributed by atoms with Gasteiger partial charge >= 0.3 is 0 Å². The molecule has 1 atom stereocenters. The number of anilines is 4. The largest absolute Gasteiger partial charge is 0.494 e. The summed E-state index contributed by atoms with van der Waals surface area (Å²) in [7, 11) is 0. The predicted octanol–water partition coefficient (Wildman–Crippen LogP) is 5.15. The number of nitrogens with two attached hydrogens (primary N) is 1. The van der Waals surface area contributed by atoms with E-state index >= 15 is 0 Å². The summed E-state index contributed by atoms with van der Waals surface area (Å²) < 4.78 is 5.69. The maximum atomic E-state index is 6.29. The van der Waals surface area contributed by atoms with Gasteiger partial charge in [0.2, 0.25) is 0 Å². The molecule has 2 aromatic carbocycles. The SMILES string of the molecule is CCCCOc1ccc(Nc2ncnc(NC(C)c3ccccc3)c2N)cc1. The summed E-state index contributed by atoms with van der Waals surface area (Å²) in [5.41, 5.74) is 8.82. The number of hydrogen-bond acceptors (Lipinski definition) is 6. The Morgan fingerprint density at radius 2 is 1.71 bits per heavy atom. The average molecular weight is 377 g/mol. The van der Waals surface area contributed by atoms with Crippen molar-refractivity contribution in [2.75, 3.05) is 23.0 Å². The second-order valence-electron chi connectivity index (χ2n) is 6.61. The van der Waals surface area contributed by atoms with Crippen molar-refractivity contribution in [3.63, 3.8) is 0 Å². The minimum Gasteiger partial charge on any atom is -0.494 e. The highest BCUT2D eigenvalue weighted by Crippen LogP contribution is 2.29. The first kappa shape index (κ1) is 19.5. The molecule has 0 aliphatic carbocycles. The molecule has 146 valence electrons. The summed E-state index contributed by atoms with van der Waals surface area (Å²) in [5.74, 6) is 2.03. The topological polar surface area (TPSA) is 85.1 Å². The van der Waals surface area contributed by atoms with Crippen molar-refractivity contribution in [1.82, 2.24) is 9.97 Å². The van der Waals surface area contributed by atoms with Crippen LogP contribution in [0.25, 0.3) is 0 Å². The molecule has 1 heterocycles. The van der Waals surface area contributed by atoms with Crippen LogP contribution in [0.1, 0.15) is 38.3 Å². The normalized spacial score (nSPS) is 11.6. The van der Waals surface area contributed by atoms with Gasteiger partial charge in [-0.1, -0.05) is 43.7 Å². The van der Waals surface area contributed by atoms with Gasteiger partial charge < -0.3 is 21.1 Å². The van der Waals surface area contributed by atoms with Gasteiger partial charge in [-0.05, 0) is 43.2 Å². The molecule has 6 nitrogen and oxygen atoms in total. The van der Waals surface area contributed by atoms with Gasteiger partial charge in [0, 0.05) is 5.69 Å². The third-order valence-electron chi connectivity index (χ3n) is 4.42. The van der Waals surface area contributed by atoms with E-state index in [2.05, 4.69) is 46.6 Å². The number of benzene rings is 2. The summed E-state index contributed by atoms with van der Waals surface area (Å²) in [6.45, 7) is 4.95. The van der Waals surface area contributed by atoms with Crippen LogP contribution in [0, 0.1) is 0 Å². The molecule has 0 spiro atoms. The molecule has 1 aromatic heterocycles. The minimum absolute atomic E-state index is 0.0748. The molecule has 4 N–H and O–H groups in total. The molecule has 0 radical (unpaired) electrons. The molecular weight excluding hydrogens is 350 g/mol. The van der Waals surface area contributed by atoms with Crippen molar-refractivity contribution in [3.8, 4) is 5.75 Å². The van der Waals surface area contributed by atoms with Crippen LogP contribution in [0.5, 0.6) is 5.75 Å². The average Bonchev–Trinajstić information content (AvgIpc) is 2.73. The van der Waals surface area contributed by atoms with Gasteiger partial charge in [-0.25, -0.2) is 9.97 Å². The Bertz CT molecular complexity index is 868. The first-order valence-corrected chi connectivity index (χ1v) is 9.59.